The standard InChI is InChI=1S/C14H10ClN3O2/c1-7-2-8(4-10(15)3-7)12-17-11-5-9(14(19)20)6-16-13(11)18-12/h2-6H,1H3,(H,19,20)(H,16,17,18). The van der Waals surface area contributed by atoms with Gasteiger partial charge in [0.05, 0.1) is 11.1 Å². The molecule has 0 unspecified atom stereocenters. The maximum absolute atomic E-state index is 10.9. The highest BCUT2D eigenvalue weighted by Crippen LogP contribution is 2.24. The fourth-order valence-corrected chi connectivity index (χ4v) is 2.32. The molecular formula is C14H10ClN3O2. The lowest BCUT2D eigenvalue weighted by atomic mass is 10.1. The lowest BCUT2D eigenvalue weighted by molar-refractivity contribution is 0.0696. The first kappa shape index (κ1) is 12.6. The lowest BCUT2D eigenvalue weighted by Gasteiger charge is -2.00. The molecule has 2 aromatic heterocycles. The van der Waals surface area contributed by atoms with Crippen molar-refractivity contribution in [3.05, 3.63) is 46.6 Å². The Morgan fingerprint density at radius 1 is 1.30 bits per heavy atom. The summed E-state index contributed by atoms with van der Waals surface area (Å²) in [5.41, 5.74) is 3.03. The highest BCUT2D eigenvalue weighted by atomic mass is 35.5. The number of carbonyl (C=O) groups is 1. The number of hydrogen-bond donors (Lipinski definition) is 2. The number of rotatable bonds is 2. The van der Waals surface area contributed by atoms with E-state index in [1.807, 2.05) is 19.1 Å². The van der Waals surface area contributed by atoms with E-state index in [1.165, 1.54) is 12.3 Å². The van der Waals surface area contributed by atoms with Crippen molar-refractivity contribution >= 4 is 28.7 Å². The van der Waals surface area contributed by atoms with Gasteiger partial charge in [-0.25, -0.2) is 14.8 Å². The van der Waals surface area contributed by atoms with Crippen LogP contribution in [0.1, 0.15) is 15.9 Å². The number of aryl methyl sites for hydroxylation is 1. The fourth-order valence-electron chi connectivity index (χ4n) is 2.03. The molecule has 3 aromatic rings. The molecule has 20 heavy (non-hydrogen) atoms. The van der Waals surface area contributed by atoms with Crippen molar-refractivity contribution < 1.29 is 9.90 Å². The highest BCUT2D eigenvalue weighted by molar-refractivity contribution is 6.30. The third kappa shape index (κ3) is 2.23. The van der Waals surface area contributed by atoms with Gasteiger partial charge < -0.3 is 10.1 Å². The number of pyridine rings is 1. The summed E-state index contributed by atoms with van der Waals surface area (Å²) in [5, 5.41) is 9.57. The number of halogens is 1. The lowest BCUT2D eigenvalue weighted by Crippen LogP contribution is -1.96. The predicted octanol–water partition coefficient (Wildman–Crippen LogP) is 3.28. The molecule has 2 heterocycles. The quantitative estimate of drug-likeness (QED) is 0.758. The first-order chi connectivity index (χ1) is 9.52. The molecular weight excluding hydrogens is 278 g/mol. The van der Waals surface area contributed by atoms with Crippen molar-refractivity contribution in [2.45, 2.75) is 6.92 Å². The van der Waals surface area contributed by atoms with Gasteiger partial charge in [-0.1, -0.05) is 11.6 Å². The van der Waals surface area contributed by atoms with Gasteiger partial charge in [0.2, 0.25) is 0 Å². The minimum atomic E-state index is -1.02. The van der Waals surface area contributed by atoms with Gasteiger partial charge in [0.25, 0.3) is 0 Å². The molecule has 1 aromatic carbocycles. The number of aromatic carboxylic acids is 1. The van der Waals surface area contributed by atoms with Crippen LogP contribution < -0.4 is 0 Å². The van der Waals surface area contributed by atoms with E-state index in [2.05, 4.69) is 15.0 Å². The van der Waals surface area contributed by atoms with Gasteiger partial charge in [-0.15, -0.1) is 0 Å². The van der Waals surface area contributed by atoms with E-state index in [0.29, 0.717) is 22.0 Å². The van der Waals surface area contributed by atoms with Crippen LogP contribution in [0.2, 0.25) is 5.02 Å². The predicted molar refractivity (Wildman–Crippen MR) is 76.0 cm³/mol. The Labute approximate surface area is 119 Å². The van der Waals surface area contributed by atoms with E-state index in [9.17, 15) is 4.79 Å². The number of carboxylic acid groups (broad SMARTS) is 1. The van der Waals surface area contributed by atoms with E-state index in [-0.39, 0.29) is 5.56 Å². The Bertz CT molecular complexity index is 806. The van der Waals surface area contributed by atoms with Crippen molar-refractivity contribution in [1.29, 1.82) is 0 Å². The zero-order chi connectivity index (χ0) is 14.3. The van der Waals surface area contributed by atoms with E-state index in [1.54, 1.807) is 6.07 Å². The fraction of sp³-hybridized carbons (Fsp3) is 0.0714. The highest BCUT2D eigenvalue weighted by Gasteiger charge is 2.10. The number of aromatic amines is 1. The van der Waals surface area contributed by atoms with Gasteiger partial charge in [-0.2, -0.15) is 0 Å². The Morgan fingerprint density at radius 3 is 2.80 bits per heavy atom. The molecule has 0 bridgehead atoms. The summed E-state index contributed by atoms with van der Waals surface area (Å²) in [6.07, 6.45) is 1.29. The molecule has 0 aliphatic heterocycles. The van der Waals surface area contributed by atoms with Crippen LogP contribution in [0.4, 0.5) is 0 Å². The summed E-state index contributed by atoms with van der Waals surface area (Å²) >= 11 is 6.03. The molecule has 0 saturated carbocycles. The molecule has 3 rings (SSSR count). The number of hydrogen-bond acceptors (Lipinski definition) is 3. The molecule has 0 aliphatic carbocycles. The molecule has 6 heteroatoms. The summed E-state index contributed by atoms with van der Waals surface area (Å²) in [6.45, 7) is 1.94. The molecule has 2 N–H and O–H groups in total. The monoisotopic (exact) mass is 287 g/mol. The zero-order valence-corrected chi connectivity index (χ0v) is 11.3. The van der Waals surface area contributed by atoms with Crippen LogP contribution in [-0.2, 0) is 0 Å². The molecule has 0 atom stereocenters. The third-order valence-corrected chi connectivity index (χ3v) is 3.12. The molecule has 0 aliphatic rings. The maximum atomic E-state index is 10.9. The number of aromatic nitrogens is 3. The number of nitrogens with one attached hydrogen (secondary N) is 1. The maximum Gasteiger partial charge on any atom is 0.337 e. The Morgan fingerprint density at radius 2 is 2.10 bits per heavy atom. The minimum absolute atomic E-state index is 0.120. The molecule has 0 radical (unpaired) electrons. The Balaban J connectivity index is 2.15. The van der Waals surface area contributed by atoms with Crippen LogP contribution in [0, 0.1) is 6.92 Å². The van der Waals surface area contributed by atoms with Crippen molar-refractivity contribution in [3.8, 4) is 11.4 Å². The second kappa shape index (κ2) is 4.61. The SMILES string of the molecule is Cc1cc(Cl)cc(-c2nc3ncc(C(=O)O)cc3[nH]2)c1. The van der Waals surface area contributed by atoms with E-state index >= 15 is 0 Å². The average molecular weight is 288 g/mol. The van der Waals surface area contributed by atoms with Crippen LogP contribution in [0.3, 0.4) is 0 Å². The minimum Gasteiger partial charge on any atom is -0.478 e. The number of carboxylic acids is 1. The largest absolute Gasteiger partial charge is 0.478 e. The molecule has 0 saturated heterocycles. The average Bonchev–Trinajstić information content (AvgIpc) is 2.80. The van der Waals surface area contributed by atoms with E-state index in [0.717, 1.165) is 11.1 Å². The summed E-state index contributed by atoms with van der Waals surface area (Å²) < 4.78 is 0. The van der Waals surface area contributed by atoms with Crippen LogP contribution >= 0.6 is 11.6 Å². The number of nitrogens with zero attached hydrogens (tertiary/aromatic N) is 2. The smallest absolute Gasteiger partial charge is 0.337 e. The van der Waals surface area contributed by atoms with E-state index in [4.69, 9.17) is 16.7 Å². The second-order valence-electron chi connectivity index (χ2n) is 4.50. The Kier molecular flexibility index (Phi) is 2.91. The summed E-state index contributed by atoms with van der Waals surface area (Å²) in [5.74, 6) is -0.408. The number of H-pyrrole nitrogens is 1. The van der Waals surface area contributed by atoms with Gasteiger partial charge >= 0.3 is 5.97 Å². The van der Waals surface area contributed by atoms with Crippen molar-refractivity contribution in [2.75, 3.05) is 0 Å². The van der Waals surface area contributed by atoms with Gasteiger partial charge in [0.15, 0.2) is 5.65 Å². The van der Waals surface area contributed by atoms with Gasteiger partial charge in [0, 0.05) is 16.8 Å². The van der Waals surface area contributed by atoms with Crippen molar-refractivity contribution in [2.24, 2.45) is 0 Å². The van der Waals surface area contributed by atoms with Crippen LogP contribution in [0.25, 0.3) is 22.6 Å². The molecule has 5 nitrogen and oxygen atoms in total. The zero-order valence-electron chi connectivity index (χ0n) is 10.5. The topological polar surface area (TPSA) is 78.9 Å². The van der Waals surface area contributed by atoms with Gasteiger partial charge in [-0.05, 0) is 36.8 Å². The molecule has 100 valence electrons. The Hall–Kier alpha value is -2.40. The first-order valence-electron chi connectivity index (χ1n) is 5.89. The first-order valence-corrected chi connectivity index (χ1v) is 6.27. The van der Waals surface area contributed by atoms with Crippen molar-refractivity contribution in [3.63, 3.8) is 0 Å². The van der Waals surface area contributed by atoms with Crippen LogP contribution in [0.15, 0.2) is 30.5 Å². The van der Waals surface area contributed by atoms with Crippen LogP contribution in [-0.4, -0.2) is 26.0 Å². The number of fused-ring (bicyclic) bond motifs is 1. The third-order valence-electron chi connectivity index (χ3n) is 2.90. The number of imidazole rings is 1. The van der Waals surface area contributed by atoms with Gasteiger partial charge in [-0.3, -0.25) is 0 Å². The van der Waals surface area contributed by atoms with Crippen molar-refractivity contribution in [1.82, 2.24) is 15.0 Å². The summed E-state index contributed by atoms with van der Waals surface area (Å²) in [6, 6.07) is 7.11. The number of benzene rings is 1. The normalized spacial score (nSPS) is 10.9. The molecule has 0 spiro atoms. The molecule has 0 fully saturated rings. The van der Waals surface area contributed by atoms with Gasteiger partial charge in [0.1, 0.15) is 5.82 Å². The van der Waals surface area contributed by atoms with E-state index < -0.39 is 5.97 Å². The summed E-state index contributed by atoms with van der Waals surface area (Å²) in [7, 11) is 0. The molecule has 0 amide bonds. The second-order valence-corrected chi connectivity index (χ2v) is 4.94. The van der Waals surface area contributed by atoms with Crippen LogP contribution in [0.5, 0.6) is 0 Å². The summed E-state index contributed by atoms with van der Waals surface area (Å²) in [4.78, 5) is 22.4.